The van der Waals surface area contributed by atoms with Gasteiger partial charge in [-0.15, -0.1) is 0 Å². The highest BCUT2D eigenvalue weighted by molar-refractivity contribution is 5.87. The van der Waals surface area contributed by atoms with E-state index in [9.17, 15) is 9.59 Å². The van der Waals surface area contributed by atoms with Crippen molar-refractivity contribution in [2.45, 2.75) is 6.54 Å². The van der Waals surface area contributed by atoms with Crippen LogP contribution in [0.15, 0.2) is 35.3 Å². The Hall–Kier alpha value is -2.34. The number of fused-ring (bicyclic) bond motifs is 1. The highest BCUT2D eigenvalue weighted by atomic mass is 16.5. The molecule has 0 spiro atoms. The summed E-state index contributed by atoms with van der Waals surface area (Å²) >= 11 is 0. The minimum absolute atomic E-state index is 0.152. The first kappa shape index (κ1) is 14.1. The predicted molar refractivity (Wildman–Crippen MR) is 73.2 cm³/mol. The summed E-state index contributed by atoms with van der Waals surface area (Å²) in [7, 11) is 1.57. The third-order valence-corrected chi connectivity index (χ3v) is 2.87. The van der Waals surface area contributed by atoms with Crippen LogP contribution in [0.4, 0.5) is 0 Å². The van der Waals surface area contributed by atoms with Crippen LogP contribution in [0.1, 0.15) is 0 Å². The number of nitrogens with zero attached hydrogens (tertiary/aromatic N) is 1. The number of hydrogen-bond acceptors (Lipinski definition) is 4. The number of pyridine rings is 1. The lowest BCUT2D eigenvalue weighted by Gasteiger charge is -2.10. The van der Waals surface area contributed by atoms with Crippen molar-refractivity contribution in [1.82, 2.24) is 4.57 Å². The molecule has 0 bridgehead atoms. The smallest absolute Gasteiger partial charge is 0.341 e. The van der Waals surface area contributed by atoms with Gasteiger partial charge in [-0.1, -0.05) is 6.07 Å². The average Bonchev–Trinajstić information content (AvgIpc) is 2.44. The molecule has 1 aromatic heterocycles. The number of benzene rings is 1. The minimum Gasteiger partial charge on any atom is -0.481 e. The number of hydrogen-bond donors (Lipinski definition) is 1. The van der Waals surface area contributed by atoms with Crippen LogP contribution in [-0.2, 0) is 16.1 Å². The molecule has 1 aromatic carbocycles. The lowest BCUT2D eigenvalue weighted by molar-refractivity contribution is -0.139. The molecule has 0 aliphatic heterocycles. The van der Waals surface area contributed by atoms with Crippen molar-refractivity contribution in [3.63, 3.8) is 0 Å². The molecular formula is C14H15NO5. The lowest BCUT2D eigenvalue weighted by atomic mass is 10.1. The van der Waals surface area contributed by atoms with Gasteiger partial charge in [-0.25, -0.2) is 4.79 Å². The zero-order valence-corrected chi connectivity index (χ0v) is 11.0. The SMILES string of the molecule is COCCn1ccc2c(OCC(=O)O)cccc2c1=O. The van der Waals surface area contributed by atoms with Crippen molar-refractivity contribution in [3.8, 4) is 5.75 Å². The maximum Gasteiger partial charge on any atom is 0.341 e. The van der Waals surface area contributed by atoms with E-state index < -0.39 is 12.6 Å². The zero-order valence-electron chi connectivity index (χ0n) is 11.0. The van der Waals surface area contributed by atoms with Crippen LogP contribution in [0, 0.1) is 0 Å². The molecule has 106 valence electrons. The lowest BCUT2D eigenvalue weighted by Crippen LogP contribution is -2.21. The van der Waals surface area contributed by atoms with Gasteiger partial charge in [-0.05, 0) is 18.2 Å². The molecule has 0 amide bonds. The van der Waals surface area contributed by atoms with E-state index in [-0.39, 0.29) is 5.56 Å². The van der Waals surface area contributed by atoms with Gasteiger partial charge < -0.3 is 19.1 Å². The maximum atomic E-state index is 12.3. The number of aromatic nitrogens is 1. The van der Waals surface area contributed by atoms with Crippen LogP contribution in [0.2, 0.25) is 0 Å². The van der Waals surface area contributed by atoms with Gasteiger partial charge in [0.25, 0.3) is 5.56 Å². The molecule has 0 unspecified atom stereocenters. The van der Waals surface area contributed by atoms with Crippen LogP contribution in [0.5, 0.6) is 5.75 Å². The predicted octanol–water partition coefficient (Wildman–Crippen LogP) is 1.11. The monoisotopic (exact) mass is 277 g/mol. The molecule has 0 saturated carbocycles. The fraction of sp³-hybridized carbons (Fsp3) is 0.286. The van der Waals surface area contributed by atoms with E-state index >= 15 is 0 Å². The molecule has 1 N–H and O–H groups in total. The minimum atomic E-state index is -1.06. The van der Waals surface area contributed by atoms with Gasteiger partial charge in [0.1, 0.15) is 5.75 Å². The second kappa shape index (κ2) is 6.21. The van der Waals surface area contributed by atoms with E-state index in [1.165, 1.54) is 0 Å². The molecule has 0 saturated heterocycles. The van der Waals surface area contributed by atoms with Crippen molar-refractivity contribution in [2.24, 2.45) is 0 Å². The van der Waals surface area contributed by atoms with Crippen molar-refractivity contribution in [3.05, 3.63) is 40.8 Å². The number of ether oxygens (including phenoxy) is 2. The number of carboxylic acids is 1. The number of methoxy groups -OCH3 is 1. The van der Waals surface area contributed by atoms with Gasteiger partial charge in [0.2, 0.25) is 0 Å². The van der Waals surface area contributed by atoms with Gasteiger partial charge in [0.05, 0.1) is 12.0 Å². The Kier molecular flexibility index (Phi) is 4.37. The number of aliphatic carboxylic acids is 1. The normalized spacial score (nSPS) is 10.7. The van der Waals surface area contributed by atoms with E-state index in [1.807, 2.05) is 0 Å². The summed E-state index contributed by atoms with van der Waals surface area (Å²) in [4.78, 5) is 22.8. The van der Waals surface area contributed by atoms with E-state index in [4.69, 9.17) is 14.6 Å². The average molecular weight is 277 g/mol. The topological polar surface area (TPSA) is 77.8 Å². The van der Waals surface area contributed by atoms with Gasteiger partial charge in [0, 0.05) is 25.2 Å². The summed E-state index contributed by atoms with van der Waals surface area (Å²) in [5.74, 6) is -0.670. The molecule has 2 rings (SSSR count). The quantitative estimate of drug-likeness (QED) is 0.855. The van der Waals surface area contributed by atoms with Crippen molar-refractivity contribution >= 4 is 16.7 Å². The number of carbonyl (C=O) groups is 1. The maximum absolute atomic E-state index is 12.3. The second-order valence-corrected chi connectivity index (χ2v) is 4.21. The number of rotatable bonds is 6. The third kappa shape index (κ3) is 2.97. The number of carboxylic acid groups (broad SMARTS) is 1. The van der Waals surface area contributed by atoms with Crippen molar-refractivity contribution < 1.29 is 19.4 Å². The van der Waals surface area contributed by atoms with E-state index in [0.29, 0.717) is 29.7 Å². The van der Waals surface area contributed by atoms with Gasteiger partial charge in [0.15, 0.2) is 6.61 Å². The fourth-order valence-corrected chi connectivity index (χ4v) is 1.92. The Morgan fingerprint density at radius 2 is 2.10 bits per heavy atom. The largest absolute Gasteiger partial charge is 0.481 e. The molecule has 0 fully saturated rings. The highest BCUT2D eigenvalue weighted by Crippen LogP contribution is 2.22. The summed E-state index contributed by atoms with van der Waals surface area (Å²) in [6, 6.07) is 6.74. The Balaban J connectivity index is 2.41. The molecule has 0 atom stereocenters. The van der Waals surface area contributed by atoms with E-state index in [1.54, 1.807) is 42.1 Å². The van der Waals surface area contributed by atoms with E-state index in [2.05, 4.69) is 0 Å². The first-order valence-electron chi connectivity index (χ1n) is 6.09. The molecule has 0 aliphatic carbocycles. The third-order valence-electron chi connectivity index (χ3n) is 2.87. The molecule has 0 radical (unpaired) electrons. The molecule has 6 heteroatoms. The molecule has 1 heterocycles. The first-order chi connectivity index (χ1) is 9.63. The summed E-state index contributed by atoms with van der Waals surface area (Å²) in [6.45, 7) is 0.470. The van der Waals surface area contributed by atoms with E-state index in [0.717, 1.165) is 0 Å². The van der Waals surface area contributed by atoms with Gasteiger partial charge >= 0.3 is 5.97 Å². The van der Waals surface area contributed by atoms with Gasteiger partial charge in [-0.3, -0.25) is 4.79 Å². The Morgan fingerprint density at radius 3 is 2.80 bits per heavy atom. The van der Waals surface area contributed by atoms with Crippen LogP contribution in [-0.4, -0.2) is 36.0 Å². The Bertz CT molecular complexity index is 677. The Morgan fingerprint density at radius 1 is 1.30 bits per heavy atom. The summed E-state index contributed by atoms with van der Waals surface area (Å²) < 4.78 is 11.7. The summed E-state index contributed by atoms with van der Waals surface area (Å²) in [5.41, 5.74) is -0.152. The van der Waals surface area contributed by atoms with Crippen LogP contribution in [0.25, 0.3) is 10.8 Å². The van der Waals surface area contributed by atoms with Crippen molar-refractivity contribution in [1.29, 1.82) is 0 Å². The van der Waals surface area contributed by atoms with Crippen molar-refractivity contribution in [2.75, 3.05) is 20.3 Å². The molecular weight excluding hydrogens is 262 g/mol. The molecule has 0 aliphatic rings. The fourth-order valence-electron chi connectivity index (χ4n) is 1.92. The summed E-state index contributed by atoms with van der Waals surface area (Å²) in [6.07, 6.45) is 1.65. The molecule has 2 aromatic rings. The summed E-state index contributed by atoms with van der Waals surface area (Å²) in [5, 5.41) is 9.73. The standard InChI is InChI=1S/C14H15NO5/c1-19-8-7-15-6-5-10-11(14(15)18)3-2-4-12(10)20-9-13(16)17/h2-6H,7-9H2,1H3,(H,16,17). The molecule has 20 heavy (non-hydrogen) atoms. The Labute approximate surface area is 115 Å². The molecule has 6 nitrogen and oxygen atoms in total. The van der Waals surface area contributed by atoms with Crippen LogP contribution >= 0.6 is 0 Å². The van der Waals surface area contributed by atoms with Crippen LogP contribution in [0.3, 0.4) is 0 Å². The zero-order chi connectivity index (χ0) is 14.5. The van der Waals surface area contributed by atoms with Gasteiger partial charge in [-0.2, -0.15) is 0 Å². The first-order valence-corrected chi connectivity index (χ1v) is 6.09. The second-order valence-electron chi connectivity index (χ2n) is 4.21. The highest BCUT2D eigenvalue weighted by Gasteiger charge is 2.08. The van der Waals surface area contributed by atoms with Crippen LogP contribution < -0.4 is 10.3 Å².